The van der Waals surface area contributed by atoms with Gasteiger partial charge in [-0.1, -0.05) is 12.7 Å². The van der Waals surface area contributed by atoms with Crippen molar-refractivity contribution in [3.05, 3.63) is 66.6 Å². The molecule has 0 unspecified atom stereocenters. The largest absolute Gasteiger partial charge is 0.458 e. The fraction of sp³-hybridized carbons (Fsp3) is 0.188. The molecule has 0 heterocycles. The SMILES string of the molecule is C=CN=C(C)c1ccc(OC2=CCCC=C2)cc1. The molecule has 2 rings (SSSR count). The van der Waals surface area contributed by atoms with Crippen LogP contribution in [0.15, 0.2) is 66.0 Å². The molecule has 0 bridgehead atoms. The minimum Gasteiger partial charge on any atom is -0.458 e. The van der Waals surface area contributed by atoms with Gasteiger partial charge in [0.1, 0.15) is 11.5 Å². The normalized spacial score (nSPS) is 15.2. The second kappa shape index (κ2) is 6.01. The Morgan fingerprint density at radius 1 is 1.28 bits per heavy atom. The van der Waals surface area contributed by atoms with E-state index in [1.165, 1.54) is 0 Å². The first-order chi connectivity index (χ1) is 8.79. The van der Waals surface area contributed by atoms with Gasteiger partial charge in [0.2, 0.25) is 0 Å². The van der Waals surface area contributed by atoms with E-state index < -0.39 is 0 Å². The van der Waals surface area contributed by atoms with Crippen molar-refractivity contribution in [2.45, 2.75) is 19.8 Å². The number of hydrogen-bond acceptors (Lipinski definition) is 2. The van der Waals surface area contributed by atoms with Crippen LogP contribution < -0.4 is 4.74 Å². The Bertz CT molecular complexity index is 506. The Kier molecular flexibility index (Phi) is 4.13. The molecule has 0 N–H and O–H groups in total. The molecule has 1 aromatic rings. The van der Waals surface area contributed by atoms with Gasteiger partial charge in [-0.2, -0.15) is 0 Å². The van der Waals surface area contributed by atoms with Gasteiger partial charge < -0.3 is 4.74 Å². The van der Waals surface area contributed by atoms with E-state index in [4.69, 9.17) is 4.74 Å². The lowest BCUT2D eigenvalue weighted by Crippen LogP contribution is -1.97. The summed E-state index contributed by atoms with van der Waals surface area (Å²) in [6.45, 7) is 5.56. The Hall–Kier alpha value is -2.09. The third-order valence-corrected chi connectivity index (χ3v) is 2.75. The summed E-state index contributed by atoms with van der Waals surface area (Å²) in [7, 11) is 0. The number of allylic oxidation sites excluding steroid dienone is 3. The molecule has 92 valence electrons. The van der Waals surface area contributed by atoms with Crippen LogP contribution in [0.1, 0.15) is 25.3 Å². The van der Waals surface area contributed by atoms with Crippen LogP contribution in [0.5, 0.6) is 5.75 Å². The molecule has 0 spiro atoms. The van der Waals surface area contributed by atoms with Crippen LogP contribution in [0.25, 0.3) is 0 Å². The Labute approximate surface area is 108 Å². The zero-order valence-corrected chi connectivity index (χ0v) is 10.6. The summed E-state index contributed by atoms with van der Waals surface area (Å²) < 4.78 is 5.76. The molecule has 0 fully saturated rings. The van der Waals surface area contributed by atoms with E-state index >= 15 is 0 Å². The average molecular weight is 239 g/mol. The first-order valence-electron chi connectivity index (χ1n) is 6.10. The Morgan fingerprint density at radius 2 is 2.06 bits per heavy atom. The second-order valence-corrected chi connectivity index (χ2v) is 4.11. The van der Waals surface area contributed by atoms with Crippen molar-refractivity contribution < 1.29 is 4.74 Å². The maximum atomic E-state index is 5.76. The second-order valence-electron chi connectivity index (χ2n) is 4.11. The Balaban J connectivity index is 2.08. The van der Waals surface area contributed by atoms with Gasteiger partial charge in [0.05, 0.1) is 0 Å². The molecule has 18 heavy (non-hydrogen) atoms. The molecule has 0 atom stereocenters. The maximum absolute atomic E-state index is 5.76. The third-order valence-electron chi connectivity index (χ3n) is 2.75. The zero-order valence-electron chi connectivity index (χ0n) is 10.6. The number of ether oxygens (including phenoxy) is 1. The van der Waals surface area contributed by atoms with E-state index in [-0.39, 0.29) is 0 Å². The fourth-order valence-corrected chi connectivity index (χ4v) is 1.78. The molecule has 2 heteroatoms. The highest BCUT2D eigenvalue weighted by atomic mass is 16.5. The zero-order chi connectivity index (χ0) is 12.8. The number of nitrogens with zero attached hydrogens (tertiary/aromatic N) is 1. The lowest BCUT2D eigenvalue weighted by atomic mass is 10.1. The number of hydrogen-bond donors (Lipinski definition) is 0. The first-order valence-corrected chi connectivity index (χ1v) is 6.10. The van der Waals surface area contributed by atoms with E-state index in [1.807, 2.05) is 37.3 Å². The van der Waals surface area contributed by atoms with Crippen molar-refractivity contribution in [1.29, 1.82) is 0 Å². The molecule has 1 aromatic carbocycles. The highest BCUT2D eigenvalue weighted by Gasteiger charge is 2.02. The molecule has 0 radical (unpaired) electrons. The lowest BCUT2D eigenvalue weighted by Gasteiger charge is -2.09. The third kappa shape index (κ3) is 3.20. The fourth-order valence-electron chi connectivity index (χ4n) is 1.78. The molecule has 1 aliphatic carbocycles. The van der Waals surface area contributed by atoms with Crippen LogP contribution in [0.2, 0.25) is 0 Å². The van der Waals surface area contributed by atoms with Crippen LogP contribution in [-0.2, 0) is 0 Å². The van der Waals surface area contributed by atoms with Gasteiger partial charge in [0, 0.05) is 11.9 Å². The van der Waals surface area contributed by atoms with Gasteiger partial charge >= 0.3 is 0 Å². The van der Waals surface area contributed by atoms with Crippen molar-refractivity contribution in [2.24, 2.45) is 4.99 Å². The van der Waals surface area contributed by atoms with E-state index in [9.17, 15) is 0 Å². The monoisotopic (exact) mass is 239 g/mol. The predicted octanol–water partition coefficient (Wildman–Crippen LogP) is 4.25. The summed E-state index contributed by atoms with van der Waals surface area (Å²) in [4.78, 5) is 4.16. The summed E-state index contributed by atoms with van der Waals surface area (Å²) in [5.74, 6) is 1.77. The smallest absolute Gasteiger partial charge is 0.127 e. The minimum absolute atomic E-state index is 0.850. The van der Waals surface area contributed by atoms with Gasteiger partial charge in [-0.25, -0.2) is 0 Å². The average Bonchev–Trinajstić information content (AvgIpc) is 2.41. The molecule has 0 saturated heterocycles. The van der Waals surface area contributed by atoms with Crippen molar-refractivity contribution in [3.8, 4) is 5.75 Å². The molecular weight excluding hydrogens is 222 g/mol. The van der Waals surface area contributed by atoms with E-state index in [0.29, 0.717) is 0 Å². The Morgan fingerprint density at radius 3 is 2.67 bits per heavy atom. The highest BCUT2D eigenvalue weighted by Crippen LogP contribution is 2.18. The summed E-state index contributed by atoms with van der Waals surface area (Å²) >= 11 is 0. The van der Waals surface area contributed by atoms with Crippen molar-refractivity contribution >= 4 is 5.71 Å². The molecule has 0 aliphatic heterocycles. The van der Waals surface area contributed by atoms with E-state index in [0.717, 1.165) is 35.6 Å². The van der Waals surface area contributed by atoms with Crippen molar-refractivity contribution in [3.63, 3.8) is 0 Å². The van der Waals surface area contributed by atoms with Crippen molar-refractivity contribution in [1.82, 2.24) is 0 Å². The molecule has 0 aromatic heterocycles. The van der Waals surface area contributed by atoms with Gasteiger partial charge in [-0.3, -0.25) is 4.99 Å². The quantitative estimate of drug-likeness (QED) is 0.720. The van der Waals surface area contributed by atoms with Crippen LogP contribution in [0, 0.1) is 0 Å². The molecular formula is C16H17NO. The van der Waals surface area contributed by atoms with Gasteiger partial charge in [0.15, 0.2) is 0 Å². The lowest BCUT2D eigenvalue weighted by molar-refractivity contribution is 0.439. The number of benzene rings is 1. The standard InChI is InChI=1S/C16H17NO/c1-3-17-13(2)14-9-11-16(12-10-14)18-15-7-5-4-6-8-15/h3,5,7-12H,1,4,6H2,2H3. The summed E-state index contributed by atoms with van der Waals surface area (Å²) in [6.07, 6.45) is 9.96. The molecule has 0 saturated carbocycles. The number of rotatable bonds is 4. The summed E-state index contributed by atoms with van der Waals surface area (Å²) in [6, 6.07) is 7.93. The van der Waals surface area contributed by atoms with Crippen LogP contribution >= 0.6 is 0 Å². The molecule has 1 aliphatic rings. The molecule has 2 nitrogen and oxygen atoms in total. The van der Waals surface area contributed by atoms with E-state index in [2.05, 4.69) is 23.7 Å². The van der Waals surface area contributed by atoms with Crippen LogP contribution in [-0.4, -0.2) is 5.71 Å². The van der Waals surface area contributed by atoms with Crippen LogP contribution in [0.4, 0.5) is 0 Å². The number of aliphatic imine (C=N–C) groups is 1. The van der Waals surface area contributed by atoms with E-state index in [1.54, 1.807) is 6.20 Å². The maximum Gasteiger partial charge on any atom is 0.127 e. The van der Waals surface area contributed by atoms with Gasteiger partial charge in [-0.05, 0) is 61.7 Å². The highest BCUT2D eigenvalue weighted by molar-refractivity contribution is 5.99. The topological polar surface area (TPSA) is 21.6 Å². The summed E-state index contributed by atoms with van der Waals surface area (Å²) in [5, 5.41) is 0. The van der Waals surface area contributed by atoms with Gasteiger partial charge in [0.25, 0.3) is 0 Å². The molecule has 0 amide bonds. The summed E-state index contributed by atoms with van der Waals surface area (Å²) in [5.41, 5.74) is 2.03. The minimum atomic E-state index is 0.850. The predicted molar refractivity (Wildman–Crippen MR) is 75.9 cm³/mol. The van der Waals surface area contributed by atoms with Crippen LogP contribution in [0.3, 0.4) is 0 Å². The van der Waals surface area contributed by atoms with Crippen molar-refractivity contribution in [2.75, 3.05) is 0 Å². The van der Waals surface area contributed by atoms with Gasteiger partial charge in [-0.15, -0.1) is 0 Å². The first kappa shape index (κ1) is 12.4.